The van der Waals surface area contributed by atoms with E-state index in [0.29, 0.717) is 23.9 Å². The average Bonchev–Trinajstić information content (AvgIpc) is 2.60. The Morgan fingerprint density at radius 3 is 2.24 bits per heavy atom. The van der Waals surface area contributed by atoms with E-state index in [1.54, 1.807) is 26.5 Å². The van der Waals surface area contributed by atoms with Crippen molar-refractivity contribution in [2.75, 3.05) is 19.5 Å². The fourth-order valence-electron chi connectivity index (χ4n) is 1.89. The van der Waals surface area contributed by atoms with Gasteiger partial charge in [0.1, 0.15) is 17.3 Å². The second-order valence-electron chi connectivity index (χ2n) is 4.73. The summed E-state index contributed by atoms with van der Waals surface area (Å²) in [5, 5.41) is 21.1. The first-order valence-corrected chi connectivity index (χ1v) is 7.37. The highest BCUT2D eigenvalue weighted by Gasteiger charge is 2.10. The zero-order valence-corrected chi connectivity index (χ0v) is 14.4. The molecule has 2 aromatic rings. The Bertz CT molecular complexity index is 666. The molecular formula is C17H22N4O4. The minimum Gasteiger partial charge on any atom is -0.496 e. The molecule has 0 saturated carbocycles. The Hall–Kier alpha value is -3.29. The number of nitrogens with one attached hydrogen (secondary N) is 3. The zero-order chi connectivity index (χ0) is 18.7. The number of nitrogens with zero attached hydrogens (tertiary/aromatic N) is 1. The average molecular weight is 346 g/mol. The van der Waals surface area contributed by atoms with E-state index in [2.05, 4.69) is 15.6 Å². The number of hydrogen-bond donors (Lipinski definition) is 4. The van der Waals surface area contributed by atoms with Crippen molar-refractivity contribution in [3.05, 3.63) is 48.2 Å². The lowest BCUT2D eigenvalue weighted by atomic mass is 10.1. The van der Waals surface area contributed by atoms with Crippen LogP contribution in [0.15, 0.2) is 42.6 Å². The lowest BCUT2D eigenvalue weighted by Crippen LogP contribution is -2.29. The molecule has 8 nitrogen and oxygen atoms in total. The van der Waals surface area contributed by atoms with E-state index in [0.717, 1.165) is 12.5 Å². The molecule has 25 heavy (non-hydrogen) atoms. The first kappa shape index (κ1) is 19.8. The van der Waals surface area contributed by atoms with E-state index in [1.807, 2.05) is 30.3 Å². The van der Waals surface area contributed by atoms with Crippen LogP contribution in [0, 0.1) is 5.41 Å². The summed E-state index contributed by atoms with van der Waals surface area (Å²) in [5.74, 6) is 1.36. The number of guanidine groups is 1. The number of hydrogen-bond acceptors (Lipinski definition) is 5. The largest absolute Gasteiger partial charge is 0.496 e. The van der Waals surface area contributed by atoms with Crippen LogP contribution in [0.3, 0.4) is 0 Å². The quantitative estimate of drug-likeness (QED) is 0.485. The summed E-state index contributed by atoms with van der Waals surface area (Å²) in [4.78, 5) is 13.1. The highest BCUT2D eigenvalue weighted by Crippen LogP contribution is 2.27. The van der Waals surface area contributed by atoms with Crippen LogP contribution in [0.1, 0.15) is 12.5 Å². The van der Waals surface area contributed by atoms with Gasteiger partial charge in [0.2, 0.25) is 0 Å². The van der Waals surface area contributed by atoms with E-state index < -0.39 is 5.97 Å². The molecule has 4 N–H and O–H groups in total. The zero-order valence-electron chi connectivity index (χ0n) is 14.4. The number of ether oxygens (including phenoxy) is 2. The normalized spacial score (nSPS) is 9.24. The Kier molecular flexibility index (Phi) is 8.28. The van der Waals surface area contributed by atoms with Gasteiger partial charge in [-0.3, -0.25) is 10.2 Å². The molecule has 1 aromatic carbocycles. The molecule has 1 aromatic heterocycles. The molecule has 0 radical (unpaired) electrons. The lowest BCUT2D eigenvalue weighted by Gasteiger charge is -2.15. The summed E-state index contributed by atoms with van der Waals surface area (Å²) in [6.07, 6.45) is 1.67. The molecule has 0 aliphatic carbocycles. The monoisotopic (exact) mass is 346 g/mol. The van der Waals surface area contributed by atoms with Crippen molar-refractivity contribution >= 4 is 17.7 Å². The molecule has 1 heterocycles. The number of carboxylic acid groups (broad SMARTS) is 1. The molecule has 8 heteroatoms. The minimum atomic E-state index is -0.833. The molecule has 0 aliphatic rings. The highest BCUT2D eigenvalue weighted by molar-refractivity contribution is 5.90. The van der Waals surface area contributed by atoms with Crippen LogP contribution in [-0.2, 0) is 11.3 Å². The molecule has 0 bridgehead atoms. The second-order valence-corrected chi connectivity index (χ2v) is 4.73. The van der Waals surface area contributed by atoms with Gasteiger partial charge in [-0.1, -0.05) is 12.1 Å². The van der Waals surface area contributed by atoms with Crippen LogP contribution in [0.2, 0.25) is 0 Å². The molecule has 0 saturated heterocycles. The number of pyridine rings is 1. The molecule has 2 rings (SSSR count). The topological polar surface area (TPSA) is 117 Å². The summed E-state index contributed by atoms with van der Waals surface area (Å²) in [6.45, 7) is 1.49. The number of anilines is 1. The molecule has 0 aliphatic heterocycles. The van der Waals surface area contributed by atoms with Crippen molar-refractivity contribution in [3.63, 3.8) is 0 Å². The fraction of sp³-hybridized carbons (Fsp3) is 0.235. The van der Waals surface area contributed by atoms with E-state index in [9.17, 15) is 0 Å². The van der Waals surface area contributed by atoms with Crippen LogP contribution >= 0.6 is 0 Å². The van der Waals surface area contributed by atoms with Gasteiger partial charge in [-0.25, -0.2) is 4.98 Å². The van der Waals surface area contributed by atoms with Gasteiger partial charge >= 0.3 is 0 Å². The summed E-state index contributed by atoms with van der Waals surface area (Å²) in [7, 11) is 3.21. The van der Waals surface area contributed by atoms with Crippen LogP contribution in [0.25, 0.3) is 0 Å². The van der Waals surface area contributed by atoms with Gasteiger partial charge in [0, 0.05) is 13.1 Å². The van der Waals surface area contributed by atoms with E-state index >= 15 is 0 Å². The van der Waals surface area contributed by atoms with Crippen molar-refractivity contribution in [1.82, 2.24) is 10.3 Å². The number of rotatable bonds is 5. The smallest absolute Gasteiger partial charge is 0.300 e. The third kappa shape index (κ3) is 7.21. The van der Waals surface area contributed by atoms with Gasteiger partial charge in [-0.15, -0.1) is 0 Å². The summed E-state index contributed by atoms with van der Waals surface area (Å²) in [5.41, 5.74) is 0.857. The third-order valence-corrected chi connectivity index (χ3v) is 2.89. The number of carbonyl (C=O) groups is 1. The lowest BCUT2D eigenvalue weighted by molar-refractivity contribution is -0.134. The van der Waals surface area contributed by atoms with Crippen LogP contribution in [0.5, 0.6) is 11.5 Å². The van der Waals surface area contributed by atoms with Crippen LogP contribution in [-0.4, -0.2) is 36.2 Å². The number of methoxy groups -OCH3 is 2. The summed E-state index contributed by atoms with van der Waals surface area (Å²) < 4.78 is 10.6. The first-order chi connectivity index (χ1) is 12.0. The SMILES string of the molecule is CC(=O)O.COc1cccc(OC)c1CNC(=N)Nc1ccccn1. The van der Waals surface area contributed by atoms with Crippen molar-refractivity contribution in [3.8, 4) is 11.5 Å². The van der Waals surface area contributed by atoms with Crippen LogP contribution < -0.4 is 20.1 Å². The standard InChI is InChI=1S/C15H18N4O2.C2H4O2/c1-20-12-6-5-7-13(21-2)11(12)10-18-15(16)19-14-8-3-4-9-17-14;1-2(3)4/h3-9H,10H2,1-2H3,(H3,16,17,18,19);1H3,(H,3,4). The second kappa shape index (κ2) is 10.5. The number of carboxylic acids is 1. The van der Waals surface area contributed by atoms with Gasteiger partial charge in [0.05, 0.1) is 26.3 Å². The Labute approximate surface area is 146 Å². The van der Waals surface area contributed by atoms with Gasteiger partial charge in [0.15, 0.2) is 5.96 Å². The Balaban J connectivity index is 0.000000705. The predicted molar refractivity (Wildman–Crippen MR) is 95.3 cm³/mol. The molecule has 0 amide bonds. The maximum atomic E-state index is 9.00. The fourth-order valence-corrected chi connectivity index (χ4v) is 1.89. The van der Waals surface area contributed by atoms with E-state index in [1.165, 1.54) is 0 Å². The first-order valence-electron chi connectivity index (χ1n) is 7.37. The third-order valence-electron chi connectivity index (χ3n) is 2.89. The highest BCUT2D eigenvalue weighted by atomic mass is 16.5. The molecule has 0 fully saturated rings. The molecule has 134 valence electrons. The summed E-state index contributed by atoms with van der Waals surface area (Å²) >= 11 is 0. The maximum Gasteiger partial charge on any atom is 0.300 e. The van der Waals surface area contributed by atoms with Crippen molar-refractivity contribution in [2.24, 2.45) is 0 Å². The molecule has 0 atom stereocenters. The number of aromatic nitrogens is 1. The number of aliphatic carboxylic acids is 1. The van der Waals surface area contributed by atoms with Crippen molar-refractivity contribution < 1.29 is 19.4 Å². The summed E-state index contributed by atoms with van der Waals surface area (Å²) in [6, 6.07) is 11.0. The van der Waals surface area contributed by atoms with E-state index in [4.69, 9.17) is 24.8 Å². The van der Waals surface area contributed by atoms with Crippen LogP contribution in [0.4, 0.5) is 5.82 Å². The van der Waals surface area contributed by atoms with Gasteiger partial charge in [-0.2, -0.15) is 0 Å². The van der Waals surface area contributed by atoms with Gasteiger partial charge < -0.3 is 25.2 Å². The van der Waals surface area contributed by atoms with Crippen molar-refractivity contribution in [1.29, 1.82) is 5.41 Å². The maximum absolute atomic E-state index is 9.00. The molecule has 0 spiro atoms. The Morgan fingerprint density at radius 1 is 1.16 bits per heavy atom. The van der Waals surface area contributed by atoms with Gasteiger partial charge in [0.25, 0.3) is 5.97 Å². The van der Waals surface area contributed by atoms with Crippen molar-refractivity contribution in [2.45, 2.75) is 13.5 Å². The Morgan fingerprint density at radius 2 is 1.76 bits per heavy atom. The predicted octanol–water partition coefficient (Wildman–Crippen LogP) is 2.33. The number of benzene rings is 1. The molecule has 0 unspecified atom stereocenters. The van der Waals surface area contributed by atoms with E-state index in [-0.39, 0.29) is 5.96 Å². The van der Waals surface area contributed by atoms with Gasteiger partial charge in [-0.05, 0) is 24.3 Å². The minimum absolute atomic E-state index is 0.154. The molecular weight excluding hydrogens is 324 g/mol.